The normalized spacial score (nSPS) is 11.2. The van der Waals surface area contributed by atoms with E-state index in [2.05, 4.69) is 0 Å². The van der Waals surface area contributed by atoms with Crippen molar-refractivity contribution < 1.29 is 13.2 Å². The lowest BCUT2D eigenvalue weighted by Gasteiger charge is -1.99. The summed E-state index contributed by atoms with van der Waals surface area (Å²) in [6, 6.07) is 0. The summed E-state index contributed by atoms with van der Waals surface area (Å²) in [5.41, 5.74) is 0. The average Bonchev–Trinajstić information content (AvgIpc) is 2.04. The molecule has 0 saturated heterocycles. The highest BCUT2D eigenvalue weighted by atomic mass is 35.5. The SMILES string of the molecule is CCS(=O)(=O)CCCC(=O)NCl. The van der Waals surface area contributed by atoms with Crippen molar-refractivity contribution in [2.45, 2.75) is 19.8 Å². The Kier molecular flexibility index (Phi) is 5.24. The molecule has 0 aromatic carbocycles. The molecule has 0 radical (unpaired) electrons. The summed E-state index contributed by atoms with van der Waals surface area (Å²) in [5.74, 6) is -0.175. The first kappa shape index (κ1) is 11.7. The van der Waals surface area contributed by atoms with E-state index in [1.807, 2.05) is 4.84 Å². The van der Waals surface area contributed by atoms with Crippen LogP contribution in [0.25, 0.3) is 0 Å². The first-order valence-electron chi connectivity index (χ1n) is 3.61. The summed E-state index contributed by atoms with van der Waals surface area (Å²) in [5, 5.41) is 0. The molecule has 72 valence electrons. The molecule has 0 aliphatic heterocycles. The summed E-state index contributed by atoms with van der Waals surface area (Å²) < 4.78 is 21.8. The van der Waals surface area contributed by atoms with E-state index in [0.717, 1.165) is 0 Å². The third-order valence-electron chi connectivity index (χ3n) is 1.40. The molecule has 0 fully saturated rings. The zero-order valence-corrected chi connectivity index (χ0v) is 8.41. The highest BCUT2D eigenvalue weighted by Crippen LogP contribution is 1.97. The maximum Gasteiger partial charge on any atom is 0.234 e. The molecule has 0 aliphatic rings. The Labute approximate surface area is 77.3 Å². The smallest absolute Gasteiger partial charge is 0.234 e. The Morgan fingerprint density at radius 2 is 2.08 bits per heavy atom. The second-order valence-corrected chi connectivity index (χ2v) is 5.02. The molecule has 12 heavy (non-hydrogen) atoms. The van der Waals surface area contributed by atoms with E-state index in [4.69, 9.17) is 11.8 Å². The van der Waals surface area contributed by atoms with Crippen LogP contribution in [-0.2, 0) is 14.6 Å². The van der Waals surface area contributed by atoms with Gasteiger partial charge in [0.15, 0.2) is 0 Å². The van der Waals surface area contributed by atoms with E-state index in [-0.39, 0.29) is 23.8 Å². The summed E-state index contributed by atoms with van der Waals surface area (Å²) in [6.07, 6.45) is 0.484. The van der Waals surface area contributed by atoms with Crippen LogP contribution in [-0.4, -0.2) is 25.8 Å². The number of rotatable bonds is 5. The van der Waals surface area contributed by atoms with Crippen molar-refractivity contribution in [2.24, 2.45) is 0 Å². The highest BCUT2D eigenvalue weighted by molar-refractivity contribution is 7.91. The van der Waals surface area contributed by atoms with Crippen LogP contribution in [0.15, 0.2) is 0 Å². The Bertz CT molecular complexity index is 237. The largest absolute Gasteiger partial charge is 0.274 e. The monoisotopic (exact) mass is 213 g/mol. The molecule has 0 heterocycles. The van der Waals surface area contributed by atoms with Crippen LogP contribution in [0.4, 0.5) is 0 Å². The Morgan fingerprint density at radius 3 is 2.50 bits per heavy atom. The maximum absolute atomic E-state index is 10.9. The Balaban J connectivity index is 3.64. The summed E-state index contributed by atoms with van der Waals surface area (Å²) in [6.45, 7) is 1.58. The van der Waals surface area contributed by atoms with Gasteiger partial charge in [-0.25, -0.2) is 8.42 Å². The van der Waals surface area contributed by atoms with Crippen LogP contribution in [0.2, 0.25) is 0 Å². The topological polar surface area (TPSA) is 63.2 Å². The van der Waals surface area contributed by atoms with Crippen molar-refractivity contribution in [3.8, 4) is 0 Å². The van der Waals surface area contributed by atoms with Crippen LogP contribution in [0, 0.1) is 0 Å². The lowest BCUT2D eigenvalue weighted by molar-refractivity contribution is -0.119. The maximum atomic E-state index is 10.9. The summed E-state index contributed by atoms with van der Waals surface area (Å²) >= 11 is 4.99. The molecule has 0 rings (SSSR count). The minimum Gasteiger partial charge on any atom is -0.274 e. The molecule has 0 spiro atoms. The molecule has 0 aromatic rings. The number of hydrogen-bond acceptors (Lipinski definition) is 3. The van der Waals surface area contributed by atoms with E-state index in [9.17, 15) is 13.2 Å². The van der Waals surface area contributed by atoms with Gasteiger partial charge in [-0.2, -0.15) is 0 Å². The molecule has 0 aromatic heterocycles. The zero-order valence-electron chi connectivity index (χ0n) is 6.84. The van der Waals surface area contributed by atoms with Crippen molar-refractivity contribution in [3.05, 3.63) is 0 Å². The van der Waals surface area contributed by atoms with Crippen LogP contribution >= 0.6 is 11.8 Å². The molecule has 0 unspecified atom stereocenters. The second kappa shape index (κ2) is 5.37. The fourth-order valence-corrected chi connectivity index (χ4v) is 1.61. The average molecular weight is 214 g/mol. The first-order chi connectivity index (χ1) is 5.52. The minimum atomic E-state index is -2.95. The zero-order chi connectivity index (χ0) is 9.61. The third kappa shape index (κ3) is 5.37. The number of sulfone groups is 1. The van der Waals surface area contributed by atoms with Crippen molar-refractivity contribution in [1.82, 2.24) is 4.84 Å². The fourth-order valence-electron chi connectivity index (χ4n) is 0.644. The molecular weight excluding hydrogens is 202 g/mol. The van der Waals surface area contributed by atoms with Crippen molar-refractivity contribution in [3.63, 3.8) is 0 Å². The van der Waals surface area contributed by atoms with Gasteiger partial charge in [0.25, 0.3) is 0 Å². The third-order valence-corrected chi connectivity index (χ3v) is 3.41. The molecule has 0 aliphatic carbocycles. The summed E-state index contributed by atoms with van der Waals surface area (Å²) in [7, 11) is -2.95. The van der Waals surface area contributed by atoms with Gasteiger partial charge in [0, 0.05) is 24.0 Å². The number of amides is 1. The lowest BCUT2D eigenvalue weighted by atomic mass is 10.3. The van der Waals surface area contributed by atoms with Gasteiger partial charge in [-0.1, -0.05) is 6.92 Å². The molecule has 6 heteroatoms. The van der Waals surface area contributed by atoms with Gasteiger partial charge in [0.2, 0.25) is 5.91 Å². The number of halogens is 1. The van der Waals surface area contributed by atoms with Gasteiger partial charge < -0.3 is 0 Å². The van der Waals surface area contributed by atoms with Crippen molar-refractivity contribution in [1.29, 1.82) is 0 Å². The highest BCUT2D eigenvalue weighted by Gasteiger charge is 2.08. The van der Waals surface area contributed by atoms with Crippen LogP contribution in [0.5, 0.6) is 0 Å². The van der Waals surface area contributed by atoms with Crippen LogP contribution in [0.3, 0.4) is 0 Å². The second-order valence-electron chi connectivity index (χ2n) is 2.36. The Morgan fingerprint density at radius 1 is 1.50 bits per heavy atom. The van der Waals surface area contributed by atoms with Crippen LogP contribution < -0.4 is 4.84 Å². The van der Waals surface area contributed by atoms with Gasteiger partial charge in [-0.15, -0.1) is 0 Å². The molecule has 0 atom stereocenters. The number of nitrogens with one attached hydrogen (secondary N) is 1. The van der Waals surface area contributed by atoms with Gasteiger partial charge in [0.05, 0.1) is 5.75 Å². The van der Waals surface area contributed by atoms with Gasteiger partial charge in [0.1, 0.15) is 9.84 Å². The number of hydrogen-bond donors (Lipinski definition) is 1. The van der Waals surface area contributed by atoms with Gasteiger partial charge in [-0.3, -0.25) is 9.63 Å². The van der Waals surface area contributed by atoms with Gasteiger partial charge in [-0.05, 0) is 6.42 Å². The minimum absolute atomic E-state index is 0.0494. The quantitative estimate of drug-likeness (QED) is 0.676. The standard InChI is InChI=1S/C6H12ClNO3S/c1-2-12(10,11)5-3-4-6(9)8-7/h2-5H2,1H3,(H,8,9). The molecule has 0 saturated carbocycles. The van der Waals surface area contributed by atoms with E-state index in [1.54, 1.807) is 6.92 Å². The Hall–Kier alpha value is -0.290. The van der Waals surface area contributed by atoms with Gasteiger partial charge >= 0.3 is 0 Å². The first-order valence-corrected chi connectivity index (χ1v) is 5.81. The van der Waals surface area contributed by atoms with Crippen molar-refractivity contribution in [2.75, 3.05) is 11.5 Å². The fraction of sp³-hybridized carbons (Fsp3) is 0.833. The molecule has 1 amide bonds. The number of carbonyl (C=O) groups is 1. The lowest BCUT2D eigenvalue weighted by Crippen LogP contribution is -2.15. The molecular formula is C6H12ClNO3S. The van der Waals surface area contributed by atoms with E-state index in [0.29, 0.717) is 6.42 Å². The van der Waals surface area contributed by atoms with E-state index >= 15 is 0 Å². The van der Waals surface area contributed by atoms with Crippen LogP contribution in [0.1, 0.15) is 19.8 Å². The van der Waals surface area contributed by atoms with E-state index < -0.39 is 9.84 Å². The summed E-state index contributed by atoms with van der Waals surface area (Å²) in [4.78, 5) is 12.5. The predicted octanol–water partition coefficient (Wildman–Crippen LogP) is 0.471. The van der Waals surface area contributed by atoms with E-state index in [1.165, 1.54) is 0 Å². The molecule has 1 N–H and O–H groups in total. The van der Waals surface area contributed by atoms with Crippen molar-refractivity contribution >= 4 is 27.5 Å². The number of carbonyl (C=O) groups excluding carboxylic acids is 1. The molecule has 4 nitrogen and oxygen atoms in total. The molecule has 0 bridgehead atoms. The predicted molar refractivity (Wildman–Crippen MR) is 47.6 cm³/mol.